The second-order valence-corrected chi connectivity index (χ2v) is 6.88. The van der Waals surface area contributed by atoms with E-state index in [0.717, 1.165) is 18.5 Å². The van der Waals surface area contributed by atoms with Crippen LogP contribution in [0.5, 0.6) is 0 Å². The highest BCUT2D eigenvalue weighted by Gasteiger charge is 2.29. The molecule has 1 aromatic rings. The highest BCUT2D eigenvalue weighted by atomic mass is 35.5. The van der Waals surface area contributed by atoms with E-state index in [2.05, 4.69) is 9.97 Å². The zero-order chi connectivity index (χ0) is 15.6. The lowest BCUT2D eigenvalue weighted by atomic mass is 9.95. The number of nitrogens with zero attached hydrogens (tertiary/aromatic N) is 3. The molecule has 0 N–H and O–H groups in total. The van der Waals surface area contributed by atoms with Crippen molar-refractivity contribution in [3.05, 3.63) is 22.2 Å². The number of likely N-dealkylation sites (tertiary alicyclic amines) is 1. The summed E-state index contributed by atoms with van der Waals surface area (Å²) in [6.07, 6.45) is 1.53. The number of aromatic nitrogens is 2. The minimum atomic E-state index is -0.494. The predicted octanol–water partition coefficient (Wildman–Crippen LogP) is 3.90. The molecule has 7 heteroatoms. The Morgan fingerprint density at radius 1 is 1.38 bits per heavy atom. The molecule has 1 saturated heterocycles. The van der Waals surface area contributed by atoms with Gasteiger partial charge in [-0.15, -0.1) is 0 Å². The van der Waals surface area contributed by atoms with Crippen LogP contribution in [-0.2, 0) is 4.74 Å². The molecule has 1 aromatic heterocycles. The fraction of sp³-hybridized carbons (Fsp3) is 0.643. The number of hydrogen-bond donors (Lipinski definition) is 0. The van der Waals surface area contributed by atoms with E-state index in [9.17, 15) is 4.79 Å². The molecule has 0 aromatic carbocycles. The Hall–Kier alpha value is -1.07. The van der Waals surface area contributed by atoms with Crippen molar-refractivity contribution in [2.24, 2.45) is 0 Å². The van der Waals surface area contributed by atoms with Gasteiger partial charge in [0.05, 0.1) is 5.69 Å². The lowest BCUT2D eigenvalue weighted by molar-refractivity contribution is 0.0197. The van der Waals surface area contributed by atoms with Gasteiger partial charge in [-0.2, -0.15) is 0 Å². The SMILES string of the molecule is CC(C)(C)OC(=O)N1CCC[C@@H](c2cc(Cl)nc(Cl)n2)C1. The van der Waals surface area contributed by atoms with Crippen LogP contribution >= 0.6 is 23.2 Å². The largest absolute Gasteiger partial charge is 0.444 e. The van der Waals surface area contributed by atoms with Gasteiger partial charge in [0.25, 0.3) is 0 Å². The van der Waals surface area contributed by atoms with Crippen molar-refractivity contribution in [2.75, 3.05) is 13.1 Å². The van der Waals surface area contributed by atoms with Crippen LogP contribution in [0.2, 0.25) is 10.4 Å². The van der Waals surface area contributed by atoms with E-state index in [1.165, 1.54) is 0 Å². The molecule has 1 amide bonds. The second-order valence-electron chi connectivity index (χ2n) is 6.15. The smallest absolute Gasteiger partial charge is 0.410 e. The predicted molar refractivity (Wildman–Crippen MR) is 81.8 cm³/mol. The van der Waals surface area contributed by atoms with Crippen molar-refractivity contribution in [3.8, 4) is 0 Å². The van der Waals surface area contributed by atoms with E-state index < -0.39 is 5.60 Å². The van der Waals surface area contributed by atoms with Gasteiger partial charge in [-0.25, -0.2) is 14.8 Å². The van der Waals surface area contributed by atoms with Crippen molar-refractivity contribution in [1.82, 2.24) is 14.9 Å². The average molecular weight is 332 g/mol. The maximum absolute atomic E-state index is 12.1. The lowest BCUT2D eigenvalue weighted by Gasteiger charge is -2.33. The first-order chi connectivity index (χ1) is 9.74. The molecular formula is C14H19Cl2N3O2. The highest BCUT2D eigenvalue weighted by Crippen LogP contribution is 2.28. The standard InChI is InChI=1S/C14H19Cl2N3O2/c1-14(2,3)21-13(20)19-6-4-5-9(8-19)10-7-11(15)18-12(16)17-10/h7,9H,4-6,8H2,1-3H3/t9-/m1/s1. The molecule has 0 spiro atoms. The Morgan fingerprint density at radius 2 is 2.10 bits per heavy atom. The molecule has 0 unspecified atom stereocenters. The van der Waals surface area contributed by atoms with Gasteiger partial charge < -0.3 is 9.64 Å². The zero-order valence-electron chi connectivity index (χ0n) is 12.4. The fourth-order valence-electron chi connectivity index (χ4n) is 2.33. The topological polar surface area (TPSA) is 55.3 Å². The first-order valence-electron chi connectivity index (χ1n) is 6.92. The van der Waals surface area contributed by atoms with E-state index in [4.69, 9.17) is 27.9 Å². The van der Waals surface area contributed by atoms with Crippen molar-refractivity contribution >= 4 is 29.3 Å². The first-order valence-corrected chi connectivity index (χ1v) is 7.68. The maximum atomic E-state index is 12.1. The second kappa shape index (κ2) is 6.36. The number of ether oxygens (including phenoxy) is 1. The Labute approximate surface area is 134 Å². The summed E-state index contributed by atoms with van der Waals surface area (Å²) in [5.41, 5.74) is 0.277. The van der Waals surface area contributed by atoms with Crippen LogP contribution in [0.3, 0.4) is 0 Å². The Kier molecular flexibility index (Phi) is 4.94. The number of carbonyl (C=O) groups excluding carboxylic acids is 1. The number of amides is 1. The summed E-state index contributed by atoms with van der Waals surface area (Å²) >= 11 is 11.8. The minimum absolute atomic E-state index is 0.101. The number of halogens is 2. The van der Waals surface area contributed by atoms with Gasteiger partial charge >= 0.3 is 6.09 Å². The fourth-order valence-corrected chi connectivity index (χ4v) is 2.75. The summed E-state index contributed by atoms with van der Waals surface area (Å²) in [6, 6.07) is 1.71. The van der Waals surface area contributed by atoms with E-state index in [0.29, 0.717) is 18.2 Å². The van der Waals surface area contributed by atoms with Crippen molar-refractivity contribution in [1.29, 1.82) is 0 Å². The third-order valence-corrected chi connectivity index (χ3v) is 3.54. The van der Waals surface area contributed by atoms with Crippen molar-refractivity contribution in [3.63, 3.8) is 0 Å². The van der Waals surface area contributed by atoms with Gasteiger partial charge in [0.1, 0.15) is 10.8 Å². The van der Waals surface area contributed by atoms with Gasteiger partial charge in [-0.1, -0.05) is 11.6 Å². The normalized spacial score (nSPS) is 19.5. The molecule has 0 radical (unpaired) electrons. The Balaban J connectivity index is 2.08. The molecule has 1 aliphatic rings. The van der Waals surface area contributed by atoms with Gasteiger partial charge in [0.15, 0.2) is 0 Å². The number of piperidine rings is 1. The van der Waals surface area contributed by atoms with Crippen LogP contribution in [0, 0.1) is 0 Å². The highest BCUT2D eigenvalue weighted by molar-refractivity contribution is 6.31. The number of carbonyl (C=O) groups is 1. The average Bonchev–Trinajstić information content (AvgIpc) is 2.36. The van der Waals surface area contributed by atoms with E-state index in [1.54, 1.807) is 11.0 Å². The van der Waals surface area contributed by atoms with Crippen LogP contribution < -0.4 is 0 Å². The number of hydrogen-bond acceptors (Lipinski definition) is 4. The van der Waals surface area contributed by atoms with Crippen molar-refractivity contribution in [2.45, 2.75) is 45.1 Å². The molecule has 0 bridgehead atoms. The van der Waals surface area contributed by atoms with Crippen LogP contribution in [0.15, 0.2) is 6.07 Å². The van der Waals surface area contributed by atoms with Gasteiger partial charge in [-0.3, -0.25) is 0 Å². The summed E-state index contributed by atoms with van der Waals surface area (Å²) in [7, 11) is 0. The summed E-state index contributed by atoms with van der Waals surface area (Å²) in [5, 5.41) is 0.450. The van der Waals surface area contributed by atoms with Gasteiger partial charge in [0, 0.05) is 19.0 Å². The van der Waals surface area contributed by atoms with E-state index in [-0.39, 0.29) is 17.3 Å². The summed E-state index contributed by atoms with van der Waals surface area (Å²) in [5.74, 6) is 0.101. The molecule has 1 aliphatic heterocycles. The Morgan fingerprint density at radius 3 is 2.71 bits per heavy atom. The van der Waals surface area contributed by atoms with E-state index >= 15 is 0 Å². The molecule has 21 heavy (non-hydrogen) atoms. The van der Waals surface area contributed by atoms with Crippen LogP contribution in [0.25, 0.3) is 0 Å². The molecule has 0 saturated carbocycles. The van der Waals surface area contributed by atoms with Crippen LogP contribution in [0.4, 0.5) is 4.79 Å². The molecule has 1 fully saturated rings. The quantitative estimate of drug-likeness (QED) is 0.578. The molecule has 2 heterocycles. The molecule has 116 valence electrons. The maximum Gasteiger partial charge on any atom is 0.410 e. The van der Waals surface area contributed by atoms with E-state index in [1.807, 2.05) is 20.8 Å². The van der Waals surface area contributed by atoms with Crippen molar-refractivity contribution < 1.29 is 9.53 Å². The molecule has 0 aliphatic carbocycles. The molecule has 1 atom stereocenters. The third-order valence-electron chi connectivity index (χ3n) is 3.18. The first kappa shape index (κ1) is 16.3. The van der Waals surface area contributed by atoms with Crippen LogP contribution in [-0.4, -0.2) is 39.7 Å². The lowest BCUT2D eigenvalue weighted by Crippen LogP contribution is -2.42. The van der Waals surface area contributed by atoms with Gasteiger partial charge in [-0.05, 0) is 51.3 Å². The third kappa shape index (κ3) is 4.71. The molecule has 5 nitrogen and oxygen atoms in total. The zero-order valence-corrected chi connectivity index (χ0v) is 13.9. The van der Waals surface area contributed by atoms with Crippen LogP contribution in [0.1, 0.15) is 45.2 Å². The molecular weight excluding hydrogens is 313 g/mol. The summed E-state index contributed by atoms with van der Waals surface area (Å²) in [6.45, 7) is 6.82. The monoisotopic (exact) mass is 331 g/mol. The van der Waals surface area contributed by atoms with Gasteiger partial charge in [0.2, 0.25) is 5.28 Å². The number of rotatable bonds is 1. The summed E-state index contributed by atoms with van der Waals surface area (Å²) < 4.78 is 5.41. The molecule has 2 rings (SSSR count). The summed E-state index contributed by atoms with van der Waals surface area (Å²) in [4.78, 5) is 21.9. The Bertz CT molecular complexity index is 511. The minimum Gasteiger partial charge on any atom is -0.444 e.